The van der Waals surface area contributed by atoms with Gasteiger partial charge in [-0.15, -0.1) is 0 Å². The van der Waals surface area contributed by atoms with Gasteiger partial charge >= 0.3 is 0 Å². The number of halogens is 1. The van der Waals surface area contributed by atoms with Gasteiger partial charge in [0.2, 0.25) is 0 Å². The number of Topliss-reactive ketones (excluding diaryl/α,β-unsaturated/α-hetero) is 1. The van der Waals surface area contributed by atoms with Crippen LogP contribution in [0.4, 0.5) is 10.2 Å². The van der Waals surface area contributed by atoms with Gasteiger partial charge in [-0.2, -0.15) is 0 Å². The summed E-state index contributed by atoms with van der Waals surface area (Å²) in [6.07, 6.45) is 7.04. The predicted octanol–water partition coefficient (Wildman–Crippen LogP) is 2.72. The number of nitrogens with zero attached hydrogens (tertiary/aromatic N) is 4. The number of ketones is 1. The number of anilines is 1. The number of alkyl halides is 1. The van der Waals surface area contributed by atoms with Gasteiger partial charge in [0.25, 0.3) is 0 Å². The van der Waals surface area contributed by atoms with Crippen molar-refractivity contribution in [1.29, 1.82) is 0 Å². The molecule has 0 bridgehead atoms. The van der Waals surface area contributed by atoms with Gasteiger partial charge < -0.3 is 10.6 Å². The lowest BCUT2D eigenvalue weighted by Gasteiger charge is -2.27. The van der Waals surface area contributed by atoms with Crippen LogP contribution in [0.1, 0.15) is 25.1 Å². The molecule has 7 nitrogen and oxygen atoms in total. The zero-order valence-corrected chi connectivity index (χ0v) is 16.5. The SMILES string of the molecule is O=C(Cc1ncc2ccc(-c3cncc(N[C@H]4CCNC[C@@H]4F)n3)cc2n1)C1CC1. The Morgan fingerprint density at radius 2 is 2.07 bits per heavy atom. The van der Waals surface area contributed by atoms with E-state index in [4.69, 9.17) is 0 Å². The normalized spacial score (nSPS) is 21.5. The molecule has 0 amide bonds. The molecule has 1 saturated heterocycles. The number of rotatable bonds is 6. The Kier molecular flexibility index (Phi) is 5.08. The maximum atomic E-state index is 14.1. The van der Waals surface area contributed by atoms with E-state index >= 15 is 0 Å². The molecule has 3 heterocycles. The number of benzene rings is 1. The van der Waals surface area contributed by atoms with E-state index < -0.39 is 6.17 Å². The largest absolute Gasteiger partial charge is 0.363 e. The van der Waals surface area contributed by atoms with Gasteiger partial charge in [0.1, 0.15) is 23.6 Å². The van der Waals surface area contributed by atoms with Crippen LogP contribution in [-0.4, -0.2) is 51.0 Å². The Labute approximate surface area is 173 Å². The average Bonchev–Trinajstić information content (AvgIpc) is 3.61. The molecule has 0 unspecified atom stereocenters. The smallest absolute Gasteiger partial charge is 0.145 e. The minimum atomic E-state index is -0.960. The first kappa shape index (κ1) is 19.0. The third-order valence-electron chi connectivity index (χ3n) is 5.67. The fraction of sp³-hybridized carbons (Fsp3) is 0.409. The number of carbonyl (C=O) groups is 1. The standard InChI is InChI=1S/C22H23FN6O/c23-16-10-24-6-5-17(16)27-22-12-25-11-19(29-22)14-3-4-15-9-26-21(28-18(15)7-14)8-20(30)13-1-2-13/h3-4,7,9,11-13,16-17,24H,1-2,5-6,8,10H2,(H,27,29)/t16-,17-/m0/s1. The summed E-state index contributed by atoms with van der Waals surface area (Å²) in [6, 6.07) is 5.53. The average molecular weight is 406 g/mol. The predicted molar refractivity (Wildman–Crippen MR) is 112 cm³/mol. The first-order chi connectivity index (χ1) is 14.7. The number of piperidine rings is 1. The molecule has 0 spiro atoms. The first-order valence-corrected chi connectivity index (χ1v) is 10.4. The van der Waals surface area contributed by atoms with Gasteiger partial charge in [0, 0.05) is 29.6 Å². The van der Waals surface area contributed by atoms with Gasteiger partial charge in [0.15, 0.2) is 0 Å². The van der Waals surface area contributed by atoms with Crippen LogP contribution in [0.25, 0.3) is 22.2 Å². The maximum Gasteiger partial charge on any atom is 0.145 e. The molecule has 5 rings (SSSR count). The third-order valence-corrected chi connectivity index (χ3v) is 5.67. The van der Waals surface area contributed by atoms with Crippen molar-refractivity contribution in [2.24, 2.45) is 5.92 Å². The van der Waals surface area contributed by atoms with Gasteiger partial charge in [0.05, 0.1) is 36.1 Å². The molecular formula is C22H23FN6O. The van der Waals surface area contributed by atoms with Crippen LogP contribution in [0.3, 0.4) is 0 Å². The van der Waals surface area contributed by atoms with Crippen molar-refractivity contribution in [3.05, 3.63) is 42.6 Å². The second-order valence-corrected chi connectivity index (χ2v) is 8.03. The van der Waals surface area contributed by atoms with Crippen LogP contribution in [0.15, 0.2) is 36.8 Å². The van der Waals surface area contributed by atoms with Gasteiger partial charge in [-0.05, 0) is 31.9 Å². The molecule has 1 aliphatic heterocycles. The van der Waals surface area contributed by atoms with E-state index in [0.717, 1.165) is 35.9 Å². The second-order valence-electron chi connectivity index (χ2n) is 8.03. The van der Waals surface area contributed by atoms with Crippen LogP contribution in [0, 0.1) is 5.92 Å². The monoisotopic (exact) mass is 406 g/mol. The lowest BCUT2D eigenvalue weighted by molar-refractivity contribution is -0.119. The fourth-order valence-corrected chi connectivity index (χ4v) is 3.76. The van der Waals surface area contributed by atoms with Crippen LogP contribution in [-0.2, 0) is 11.2 Å². The Balaban J connectivity index is 1.38. The highest BCUT2D eigenvalue weighted by molar-refractivity contribution is 5.86. The minimum Gasteiger partial charge on any atom is -0.363 e. The number of fused-ring (bicyclic) bond motifs is 1. The molecule has 2 aliphatic rings. The van der Waals surface area contributed by atoms with E-state index in [0.29, 0.717) is 30.3 Å². The number of hydrogen-bond donors (Lipinski definition) is 2. The summed E-state index contributed by atoms with van der Waals surface area (Å²) in [5, 5.41) is 7.12. The van der Waals surface area contributed by atoms with Crippen molar-refractivity contribution in [3.63, 3.8) is 0 Å². The first-order valence-electron chi connectivity index (χ1n) is 10.4. The van der Waals surface area contributed by atoms with Crippen LogP contribution < -0.4 is 10.6 Å². The topological polar surface area (TPSA) is 92.7 Å². The Morgan fingerprint density at radius 3 is 2.90 bits per heavy atom. The zero-order valence-electron chi connectivity index (χ0n) is 16.5. The molecule has 1 aromatic carbocycles. The molecule has 2 fully saturated rings. The summed E-state index contributed by atoms with van der Waals surface area (Å²) in [5.74, 6) is 1.53. The van der Waals surface area contributed by atoms with E-state index in [1.165, 1.54) is 0 Å². The van der Waals surface area contributed by atoms with Crippen molar-refractivity contribution in [1.82, 2.24) is 25.3 Å². The fourth-order valence-electron chi connectivity index (χ4n) is 3.76. The summed E-state index contributed by atoms with van der Waals surface area (Å²) >= 11 is 0. The number of nitrogens with one attached hydrogen (secondary N) is 2. The van der Waals surface area contributed by atoms with E-state index in [1.54, 1.807) is 18.6 Å². The highest BCUT2D eigenvalue weighted by Gasteiger charge is 2.29. The van der Waals surface area contributed by atoms with Gasteiger partial charge in [-0.3, -0.25) is 9.78 Å². The molecule has 8 heteroatoms. The van der Waals surface area contributed by atoms with Crippen LogP contribution in [0.2, 0.25) is 0 Å². The molecule has 3 aromatic rings. The molecule has 30 heavy (non-hydrogen) atoms. The van der Waals surface area contributed by atoms with E-state index in [-0.39, 0.29) is 24.2 Å². The summed E-state index contributed by atoms with van der Waals surface area (Å²) in [4.78, 5) is 29.9. The van der Waals surface area contributed by atoms with E-state index in [9.17, 15) is 9.18 Å². The molecule has 0 radical (unpaired) electrons. The van der Waals surface area contributed by atoms with Crippen molar-refractivity contribution in [2.75, 3.05) is 18.4 Å². The highest BCUT2D eigenvalue weighted by Crippen LogP contribution is 2.31. The van der Waals surface area contributed by atoms with Crippen LogP contribution in [0.5, 0.6) is 0 Å². The summed E-state index contributed by atoms with van der Waals surface area (Å²) in [7, 11) is 0. The molecule has 2 aromatic heterocycles. The number of carbonyl (C=O) groups excluding carboxylic acids is 1. The van der Waals surface area contributed by atoms with E-state index in [1.807, 2.05) is 18.2 Å². The third kappa shape index (κ3) is 4.14. The lowest BCUT2D eigenvalue weighted by Crippen LogP contribution is -2.45. The summed E-state index contributed by atoms with van der Waals surface area (Å²) in [5.41, 5.74) is 2.31. The van der Waals surface area contributed by atoms with Gasteiger partial charge in [-0.25, -0.2) is 19.3 Å². The molecule has 1 aliphatic carbocycles. The minimum absolute atomic E-state index is 0.199. The molecular weight excluding hydrogens is 383 g/mol. The Bertz CT molecular complexity index is 1090. The Hall–Kier alpha value is -3.00. The number of hydrogen-bond acceptors (Lipinski definition) is 7. The van der Waals surface area contributed by atoms with Crippen molar-refractivity contribution in [3.8, 4) is 11.3 Å². The maximum absolute atomic E-state index is 14.1. The Morgan fingerprint density at radius 1 is 1.17 bits per heavy atom. The summed E-state index contributed by atoms with van der Waals surface area (Å²) < 4.78 is 14.1. The van der Waals surface area contributed by atoms with Crippen molar-refractivity contribution >= 4 is 22.5 Å². The quantitative estimate of drug-likeness (QED) is 0.650. The van der Waals surface area contributed by atoms with E-state index in [2.05, 4.69) is 30.6 Å². The second kappa shape index (κ2) is 8.02. The number of aromatic nitrogens is 4. The van der Waals surface area contributed by atoms with Crippen molar-refractivity contribution in [2.45, 2.75) is 37.9 Å². The lowest BCUT2D eigenvalue weighted by atomic mass is 10.1. The molecule has 2 N–H and O–H groups in total. The zero-order chi connectivity index (χ0) is 20.5. The molecule has 1 saturated carbocycles. The molecule has 2 atom stereocenters. The highest BCUT2D eigenvalue weighted by atomic mass is 19.1. The van der Waals surface area contributed by atoms with Gasteiger partial charge in [-0.1, -0.05) is 12.1 Å². The van der Waals surface area contributed by atoms with Crippen LogP contribution >= 0.6 is 0 Å². The molecule has 154 valence electrons. The van der Waals surface area contributed by atoms with Crippen molar-refractivity contribution < 1.29 is 9.18 Å². The summed E-state index contributed by atoms with van der Waals surface area (Å²) in [6.45, 7) is 1.13.